The largest absolute Gasteiger partial charge is 0.493 e. The van der Waals surface area contributed by atoms with E-state index in [0.717, 1.165) is 37.8 Å². The summed E-state index contributed by atoms with van der Waals surface area (Å²) < 4.78 is 11.7. The number of rotatable bonds is 8. The number of amides is 1. The van der Waals surface area contributed by atoms with Gasteiger partial charge in [0.15, 0.2) is 5.76 Å². The number of carbonyl (C=O) groups is 2. The van der Waals surface area contributed by atoms with Crippen molar-refractivity contribution in [2.45, 2.75) is 70.5 Å². The molecule has 2 fully saturated rings. The summed E-state index contributed by atoms with van der Waals surface area (Å²) in [5.41, 5.74) is 1.93. The first-order chi connectivity index (χ1) is 17.8. The Morgan fingerprint density at radius 2 is 1.84 bits per heavy atom. The third kappa shape index (κ3) is 5.52. The van der Waals surface area contributed by atoms with E-state index in [1.165, 1.54) is 12.8 Å². The Kier molecular flexibility index (Phi) is 7.80. The molecule has 1 amide bonds. The number of piperidine rings is 1. The van der Waals surface area contributed by atoms with Crippen molar-refractivity contribution in [1.29, 1.82) is 0 Å². The van der Waals surface area contributed by atoms with E-state index >= 15 is 0 Å². The van der Waals surface area contributed by atoms with Crippen LogP contribution in [-0.4, -0.2) is 47.9 Å². The number of hydrogen-bond acceptors (Lipinski definition) is 5. The highest BCUT2D eigenvalue weighted by molar-refractivity contribution is 6.42. The predicted octanol–water partition coefficient (Wildman–Crippen LogP) is 6.45. The van der Waals surface area contributed by atoms with Crippen molar-refractivity contribution in [2.75, 3.05) is 13.2 Å². The van der Waals surface area contributed by atoms with Crippen molar-refractivity contribution < 1.29 is 19.1 Å². The quantitative estimate of drug-likeness (QED) is 0.306. The number of Topliss-reactive ketones (excluding diaryl/α,β-unsaturated/α-hetero) is 1. The minimum atomic E-state index is -0.101. The molecule has 2 unspecified atom stereocenters. The van der Waals surface area contributed by atoms with Crippen LogP contribution in [0.3, 0.4) is 0 Å². The van der Waals surface area contributed by atoms with Crippen LogP contribution in [0.25, 0.3) is 0 Å². The fourth-order valence-electron chi connectivity index (χ4n) is 5.78. The lowest BCUT2D eigenvalue weighted by atomic mass is 9.96. The molecule has 8 heteroatoms. The number of benzene rings is 2. The molecule has 0 saturated carbocycles. The molecule has 3 aliphatic heterocycles. The Morgan fingerprint density at radius 1 is 1.08 bits per heavy atom. The van der Waals surface area contributed by atoms with Gasteiger partial charge in [-0.1, -0.05) is 29.3 Å². The van der Waals surface area contributed by atoms with Crippen LogP contribution in [0.4, 0.5) is 0 Å². The molecule has 196 valence electrons. The molecule has 3 aliphatic rings. The van der Waals surface area contributed by atoms with Crippen molar-refractivity contribution in [1.82, 2.24) is 10.2 Å². The molecular formula is C29H32Cl2N2O4. The zero-order valence-electron chi connectivity index (χ0n) is 21.2. The normalized spacial score (nSPS) is 22.5. The Bertz CT molecular complexity index is 1230. The number of hydrogen-bond donors (Lipinski definition) is 1. The van der Waals surface area contributed by atoms with Crippen LogP contribution in [0.1, 0.15) is 73.1 Å². The highest BCUT2D eigenvalue weighted by Crippen LogP contribution is 2.39. The van der Waals surface area contributed by atoms with Gasteiger partial charge in [0.1, 0.15) is 17.1 Å². The van der Waals surface area contributed by atoms with E-state index in [1.807, 2.05) is 32.0 Å². The van der Waals surface area contributed by atoms with Gasteiger partial charge in [0, 0.05) is 23.7 Å². The monoisotopic (exact) mass is 542 g/mol. The molecule has 3 heterocycles. The highest BCUT2D eigenvalue weighted by atomic mass is 35.5. The van der Waals surface area contributed by atoms with E-state index in [-0.39, 0.29) is 17.7 Å². The smallest absolute Gasteiger partial charge is 0.251 e. The molecule has 37 heavy (non-hydrogen) atoms. The van der Waals surface area contributed by atoms with Gasteiger partial charge in [-0.2, -0.15) is 0 Å². The zero-order valence-corrected chi connectivity index (χ0v) is 22.7. The summed E-state index contributed by atoms with van der Waals surface area (Å²) >= 11 is 12.1. The fourth-order valence-corrected chi connectivity index (χ4v) is 6.08. The first-order valence-electron chi connectivity index (χ1n) is 13.0. The lowest BCUT2D eigenvalue weighted by molar-refractivity contribution is 0.0837. The molecule has 2 saturated heterocycles. The summed E-state index contributed by atoms with van der Waals surface area (Å²) in [6.45, 7) is 5.32. The van der Waals surface area contributed by atoms with Gasteiger partial charge >= 0.3 is 0 Å². The summed E-state index contributed by atoms with van der Waals surface area (Å²) in [4.78, 5) is 28.1. The predicted molar refractivity (Wildman–Crippen MR) is 145 cm³/mol. The fraction of sp³-hybridized carbons (Fsp3) is 0.448. The van der Waals surface area contributed by atoms with Gasteiger partial charge in [-0.05, 0) is 94.8 Å². The molecule has 5 rings (SSSR count). The van der Waals surface area contributed by atoms with Crippen LogP contribution in [-0.2, 0) is 0 Å². The lowest BCUT2D eigenvalue weighted by Crippen LogP contribution is -2.50. The third-order valence-corrected chi connectivity index (χ3v) is 8.30. The van der Waals surface area contributed by atoms with E-state index in [4.69, 9.17) is 32.7 Å². The number of ketones is 1. The number of fused-ring (bicyclic) bond motifs is 3. The van der Waals surface area contributed by atoms with Crippen molar-refractivity contribution in [3.63, 3.8) is 0 Å². The van der Waals surface area contributed by atoms with Crippen LogP contribution >= 0.6 is 23.2 Å². The van der Waals surface area contributed by atoms with Crippen LogP contribution in [0.15, 0.2) is 47.7 Å². The summed E-state index contributed by atoms with van der Waals surface area (Å²) in [6, 6.07) is 11.7. The molecule has 2 aromatic rings. The lowest BCUT2D eigenvalue weighted by Gasteiger charge is -2.39. The van der Waals surface area contributed by atoms with Crippen LogP contribution in [0, 0.1) is 0 Å². The number of carbonyl (C=O) groups excluding carboxylic acids is 2. The molecular weight excluding hydrogens is 511 g/mol. The zero-order chi connectivity index (χ0) is 26.1. The molecule has 2 bridgehead atoms. The van der Waals surface area contributed by atoms with E-state index in [2.05, 4.69) is 10.2 Å². The summed E-state index contributed by atoms with van der Waals surface area (Å²) in [5, 5.41) is 4.04. The Labute approximate surface area is 227 Å². The molecule has 0 aromatic heterocycles. The summed E-state index contributed by atoms with van der Waals surface area (Å²) in [6.07, 6.45) is 6.19. The van der Waals surface area contributed by atoms with Gasteiger partial charge < -0.3 is 14.8 Å². The number of ether oxygens (including phenoxy) is 2. The summed E-state index contributed by atoms with van der Waals surface area (Å²) in [5.74, 6) is 1.37. The van der Waals surface area contributed by atoms with Crippen molar-refractivity contribution in [2.24, 2.45) is 0 Å². The highest BCUT2D eigenvalue weighted by Gasteiger charge is 2.40. The minimum Gasteiger partial charge on any atom is -0.493 e. The van der Waals surface area contributed by atoms with Gasteiger partial charge in [-0.3, -0.25) is 14.5 Å². The molecule has 0 spiro atoms. The Balaban J connectivity index is 1.08. The van der Waals surface area contributed by atoms with E-state index in [9.17, 15) is 9.59 Å². The van der Waals surface area contributed by atoms with E-state index in [0.29, 0.717) is 57.1 Å². The van der Waals surface area contributed by atoms with Gasteiger partial charge in [-0.25, -0.2) is 0 Å². The average molecular weight is 543 g/mol. The topological polar surface area (TPSA) is 67.9 Å². The average Bonchev–Trinajstić information content (AvgIpc) is 3.33. The van der Waals surface area contributed by atoms with Crippen molar-refractivity contribution in [3.8, 4) is 11.5 Å². The Hall–Kier alpha value is -2.54. The van der Waals surface area contributed by atoms with Gasteiger partial charge in [0.25, 0.3) is 5.91 Å². The van der Waals surface area contributed by atoms with Crippen molar-refractivity contribution in [3.05, 3.63) is 68.9 Å². The molecule has 6 nitrogen and oxygen atoms in total. The first-order valence-corrected chi connectivity index (χ1v) is 13.7. The first kappa shape index (κ1) is 26.1. The number of nitrogens with zero attached hydrogens (tertiary/aromatic N) is 1. The second-order valence-corrected chi connectivity index (χ2v) is 11.2. The number of unbranched alkanes of at least 4 members (excludes halogenated alkanes) is 1. The van der Waals surface area contributed by atoms with Crippen LogP contribution < -0.4 is 14.8 Å². The number of halogens is 2. The van der Waals surface area contributed by atoms with Gasteiger partial charge in [0.2, 0.25) is 5.78 Å². The second-order valence-electron chi connectivity index (χ2n) is 10.3. The number of allylic oxidation sites excluding steroid dienone is 2. The van der Waals surface area contributed by atoms with Crippen LogP contribution in [0.2, 0.25) is 10.0 Å². The Morgan fingerprint density at radius 3 is 2.54 bits per heavy atom. The second kappa shape index (κ2) is 11.1. The molecule has 2 aromatic carbocycles. The third-order valence-electron chi connectivity index (χ3n) is 7.56. The minimum absolute atomic E-state index is 0.0958. The maximum absolute atomic E-state index is 12.7. The van der Waals surface area contributed by atoms with Crippen molar-refractivity contribution >= 4 is 34.9 Å². The van der Waals surface area contributed by atoms with Gasteiger partial charge in [-0.15, -0.1) is 0 Å². The molecule has 0 radical (unpaired) electrons. The maximum Gasteiger partial charge on any atom is 0.251 e. The van der Waals surface area contributed by atoms with Gasteiger partial charge in [0.05, 0.1) is 16.7 Å². The van der Waals surface area contributed by atoms with E-state index < -0.39 is 0 Å². The summed E-state index contributed by atoms with van der Waals surface area (Å²) in [7, 11) is 0. The van der Waals surface area contributed by atoms with Crippen LogP contribution in [0.5, 0.6) is 11.5 Å². The SMILES string of the molecule is CC(C)=C1Oc2cccc(OCCCCN3C4CCC3CC(NC(=O)c3ccc(Cl)c(Cl)c3)C4)c2C1=O. The number of nitrogens with one attached hydrogen (secondary N) is 1. The van der Waals surface area contributed by atoms with E-state index in [1.54, 1.807) is 18.2 Å². The molecule has 2 atom stereocenters. The molecule has 0 aliphatic carbocycles. The maximum atomic E-state index is 12.7. The molecule has 1 N–H and O–H groups in total. The standard InChI is InChI=1S/C29H32Cl2N2O4/c1-17(2)28-27(34)26-24(6-5-7-25(26)37-28)36-13-4-3-12-33-20-9-10-21(33)16-19(15-20)32-29(35)18-8-11-22(30)23(31)14-18/h5-8,11,14,19-21H,3-4,9-10,12-13,15-16H2,1-2H3,(H,32,35).